The number of aryl methyl sites for hydroxylation is 1. The van der Waals surface area contributed by atoms with Crippen LogP contribution in [0, 0.1) is 6.92 Å². The van der Waals surface area contributed by atoms with E-state index >= 15 is 0 Å². The van der Waals surface area contributed by atoms with E-state index in [1.807, 2.05) is 37.3 Å². The molecule has 0 saturated carbocycles. The minimum Gasteiger partial charge on any atom is -0.504 e. The quantitative estimate of drug-likeness (QED) is 0.909. The lowest BCUT2D eigenvalue weighted by atomic mass is 10.1. The summed E-state index contributed by atoms with van der Waals surface area (Å²) in [5.74, 6) is 1.18. The second kappa shape index (κ2) is 5.46. The maximum atomic E-state index is 9.83. The molecule has 2 aromatic carbocycles. The molecule has 5 nitrogen and oxygen atoms in total. The van der Waals surface area contributed by atoms with E-state index in [1.54, 1.807) is 12.1 Å². The van der Waals surface area contributed by atoms with Crippen LogP contribution < -0.4 is 10.2 Å². The Morgan fingerprint density at radius 2 is 2.05 bits per heavy atom. The number of hydroxylamine groups is 1. The molecule has 1 aliphatic heterocycles. The summed E-state index contributed by atoms with van der Waals surface area (Å²) in [5, 5.41) is 9.83. The molecule has 0 aromatic heterocycles. The number of phenolic OH excluding ortho intramolecular Hbond substituents is 1. The average molecular weight is 284 g/mol. The molecule has 0 spiro atoms. The van der Waals surface area contributed by atoms with Crippen LogP contribution in [0.2, 0.25) is 0 Å². The van der Waals surface area contributed by atoms with Crippen LogP contribution in [0.4, 0.5) is 0 Å². The molecule has 0 amide bonds. The van der Waals surface area contributed by atoms with E-state index in [0.29, 0.717) is 11.6 Å². The number of benzene rings is 2. The highest BCUT2D eigenvalue weighted by molar-refractivity contribution is 6.00. The first-order chi connectivity index (χ1) is 10.2. The van der Waals surface area contributed by atoms with Crippen molar-refractivity contribution in [2.75, 3.05) is 7.11 Å². The van der Waals surface area contributed by atoms with E-state index < -0.39 is 6.23 Å². The Morgan fingerprint density at radius 1 is 1.24 bits per heavy atom. The van der Waals surface area contributed by atoms with Crippen molar-refractivity contribution in [3.05, 3.63) is 59.2 Å². The molecule has 21 heavy (non-hydrogen) atoms. The number of nitrogens with one attached hydrogen (secondary N) is 1. The summed E-state index contributed by atoms with van der Waals surface area (Å²) in [6.45, 7) is 2.02. The molecule has 1 aliphatic rings. The van der Waals surface area contributed by atoms with Crippen molar-refractivity contribution in [1.29, 1.82) is 0 Å². The van der Waals surface area contributed by atoms with Gasteiger partial charge in [0.05, 0.1) is 7.11 Å². The molecule has 0 unspecified atom stereocenters. The zero-order valence-corrected chi connectivity index (χ0v) is 11.8. The van der Waals surface area contributed by atoms with Crippen molar-refractivity contribution < 1.29 is 14.7 Å². The van der Waals surface area contributed by atoms with E-state index in [9.17, 15) is 5.11 Å². The number of nitrogens with zero attached hydrogens (tertiary/aromatic N) is 1. The van der Waals surface area contributed by atoms with Crippen molar-refractivity contribution in [1.82, 2.24) is 5.48 Å². The van der Waals surface area contributed by atoms with Gasteiger partial charge in [-0.3, -0.25) is 0 Å². The Morgan fingerprint density at radius 3 is 2.76 bits per heavy atom. The van der Waals surface area contributed by atoms with Crippen LogP contribution in [0.1, 0.15) is 22.9 Å². The molecule has 0 bridgehead atoms. The minimum atomic E-state index is -0.489. The summed E-state index contributed by atoms with van der Waals surface area (Å²) >= 11 is 0. The first-order valence-electron chi connectivity index (χ1n) is 6.61. The van der Waals surface area contributed by atoms with Gasteiger partial charge >= 0.3 is 0 Å². The largest absolute Gasteiger partial charge is 0.504 e. The third kappa shape index (κ3) is 2.55. The maximum Gasteiger partial charge on any atom is 0.202 e. The molecular formula is C16H16N2O3. The monoisotopic (exact) mass is 284 g/mol. The Balaban J connectivity index is 1.89. The lowest BCUT2D eigenvalue weighted by molar-refractivity contribution is 0.0375. The van der Waals surface area contributed by atoms with Crippen molar-refractivity contribution in [3.63, 3.8) is 0 Å². The first-order valence-corrected chi connectivity index (χ1v) is 6.61. The van der Waals surface area contributed by atoms with Gasteiger partial charge in [0.25, 0.3) is 0 Å². The van der Waals surface area contributed by atoms with Crippen LogP contribution in [0.25, 0.3) is 0 Å². The SMILES string of the molecule is COc1ccc([C@H]2N=C(c3ccccc3C)NO2)cc1O. The molecule has 2 N–H and O–H groups in total. The zero-order chi connectivity index (χ0) is 14.8. The van der Waals surface area contributed by atoms with Crippen molar-refractivity contribution in [2.24, 2.45) is 4.99 Å². The zero-order valence-electron chi connectivity index (χ0n) is 11.8. The Labute approximate surface area is 122 Å². The molecule has 1 heterocycles. The van der Waals surface area contributed by atoms with Gasteiger partial charge < -0.3 is 9.84 Å². The van der Waals surface area contributed by atoms with Gasteiger partial charge in [-0.25, -0.2) is 15.3 Å². The van der Waals surface area contributed by atoms with Gasteiger partial charge in [0.2, 0.25) is 6.23 Å². The molecule has 0 radical (unpaired) electrons. The summed E-state index contributed by atoms with van der Waals surface area (Å²) in [7, 11) is 1.51. The first kappa shape index (κ1) is 13.5. The van der Waals surface area contributed by atoms with Crippen LogP contribution in [-0.2, 0) is 4.84 Å². The minimum absolute atomic E-state index is 0.0677. The summed E-state index contributed by atoms with van der Waals surface area (Å²) in [4.78, 5) is 10.0. The normalized spacial score (nSPS) is 17.2. The molecule has 5 heteroatoms. The number of methoxy groups -OCH3 is 1. The summed E-state index contributed by atoms with van der Waals surface area (Å²) in [6.07, 6.45) is -0.489. The highest BCUT2D eigenvalue weighted by Gasteiger charge is 2.22. The third-order valence-electron chi connectivity index (χ3n) is 3.40. The second-order valence-corrected chi connectivity index (χ2v) is 4.80. The molecule has 1 atom stereocenters. The van der Waals surface area contributed by atoms with Crippen molar-refractivity contribution in [3.8, 4) is 11.5 Å². The fraction of sp³-hybridized carbons (Fsp3) is 0.188. The predicted molar refractivity (Wildman–Crippen MR) is 79.3 cm³/mol. The molecule has 0 aliphatic carbocycles. The predicted octanol–water partition coefficient (Wildman–Crippen LogP) is 2.69. The number of hydrogen-bond donors (Lipinski definition) is 2. The molecular weight excluding hydrogens is 268 g/mol. The molecule has 0 fully saturated rings. The Hall–Kier alpha value is -2.53. The fourth-order valence-corrected chi connectivity index (χ4v) is 2.25. The summed E-state index contributed by atoms with van der Waals surface area (Å²) in [5.41, 5.74) is 5.72. The van der Waals surface area contributed by atoms with E-state index in [0.717, 1.165) is 16.7 Å². The number of aliphatic imine (C=N–C) groups is 1. The van der Waals surface area contributed by atoms with Gasteiger partial charge in [0.15, 0.2) is 17.3 Å². The maximum absolute atomic E-state index is 9.83. The third-order valence-corrected chi connectivity index (χ3v) is 3.40. The number of amidine groups is 1. The highest BCUT2D eigenvalue weighted by Crippen LogP contribution is 2.32. The number of rotatable bonds is 3. The van der Waals surface area contributed by atoms with E-state index in [1.165, 1.54) is 7.11 Å². The van der Waals surface area contributed by atoms with Crippen molar-refractivity contribution >= 4 is 5.84 Å². The van der Waals surface area contributed by atoms with Gasteiger partial charge in [0.1, 0.15) is 0 Å². The van der Waals surface area contributed by atoms with Crippen LogP contribution >= 0.6 is 0 Å². The summed E-state index contributed by atoms with van der Waals surface area (Å²) in [6, 6.07) is 13.0. The smallest absolute Gasteiger partial charge is 0.202 e. The van der Waals surface area contributed by atoms with Gasteiger partial charge in [-0.1, -0.05) is 30.3 Å². The lowest BCUT2D eigenvalue weighted by Gasteiger charge is -2.08. The number of phenols is 1. The van der Waals surface area contributed by atoms with E-state index in [-0.39, 0.29) is 5.75 Å². The van der Waals surface area contributed by atoms with Gasteiger partial charge in [-0.05, 0) is 24.6 Å². The van der Waals surface area contributed by atoms with E-state index in [2.05, 4.69) is 10.5 Å². The second-order valence-electron chi connectivity index (χ2n) is 4.80. The van der Waals surface area contributed by atoms with Crippen LogP contribution in [-0.4, -0.2) is 18.1 Å². The van der Waals surface area contributed by atoms with Gasteiger partial charge in [-0.15, -0.1) is 0 Å². The van der Waals surface area contributed by atoms with Crippen LogP contribution in [0.3, 0.4) is 0 Å². The van der Waals surface area contributed by atoms with Gasteiger partial charge in [0, 0.05) is 11.1 Å². The number of hydrogen-bond acceptors (Lipinski definition) is 5. The molecule has 0 saturated heterocycles. The van der Waals surface area contributed by atoms with Gasteiger partial charge in [-0.2, -0.15) is 0 Å². The standard InChI is InChI=1S/C16H16N2O3/c1-10-5-3-4-6-12(10)15-17-16(21-18-15)11-7-8-14(20-2)13(19)9-11/h3-9,16,19H,1-2H3,(H,17,18)/t16-/m0/s1. The average Bonchev–Trinajstić information content (AvgIpc) is 2.97. The molecule has 3 rings (SSSR count). The van der Waals surface area contributed by atoms with Crippen LogP contribution in [0.15, 0.2) is 47.5 Å². The number of aromatic hydroxyl groups is 1. The molecule has 2 aromatic rings. The van der Waals surface area contributed by atoms with Crippen LogP contribution in [0.5, 0.6) is 11.5 Å². The summed E-state index contributed by atoms with van der Waals surface area (Å²) < 4.78 is 5.03. The van der Waals surface area contributed by atoms with E-state index in [4.69, 9.17) is 9.57 Å². The number of ether oxygens (including phenoxy) is 1. The Kier molecular flexibility index (Phi) is 3.50. The lowest BCUT2D eigenvalue weighted by Crippen LogP contribution is -2.18. The molecule has 108 valence electrons. The topological polar surface area (TPSA) is 63.1 Å². The Bertz CT molecular complexity index is 698. The highest BCUT2D eigenvalue weighted by atomic mass is 16.7. The van der Waals surface area contributed by atoms with Crippen molar-refractivity contribution in [2.45, 2.75) is 13.2 Å². The fourth-order valence-electron chi connectivity index (χ4n) is 2.25.